The van der Waals surface area contributed by atoms with Crippen molar-refractivity contribution in [2.45, 2.75) is 63.8 Å². The Morgan fingerprint density at radius 2 is 1.85 bits per heavy atom. The van der Waals surface area contributed by atoms with E-state index in [1.54, 1.807) is 6.92 Å². The molecule has 1 unspecified atom stereocenters. The quantitative estimate of drug-likeness (QED) is 0.583. The van der Waals surface area contributed by atoms with Gasteiger partial charge in [-0.05, 0) is 44.0 Å². The number of amides is 1. The number of aryl methyl sites for hydroxylation is 1. The molecule has 1 aromatic heterocycles. The second-order valence-electron chi connectivity index (χ2n) is 6.37. The van der Waals surface area contributed by atoms with Crippen LogP contribution in [-0.2, 0) is 16.4 Å². The number of nitrogens with zero attached hydrogens (tertiary/aromatic N) is 2. The van der Waals surface area contributed by atoms with E-state index < -0.39 is 10.0 Å². The molecular formula is C18H26N4O3S2. The molecule has 0 aliphatic rings. The Kier molecular flexibility index (Phi) is 7.88. The van der Waals surface area contributed by atoms with E-state index in [4.69, 9.17) is 0 Å². The smallest absolute Gasteiger partial charge is 0.257 e. The fraction of sp³-hybridized carbons (Fsp3) is 0.500. The first-order valence-electron chi connectivity index (χ1n) is 9.11. The predicted octanol–water partition coefficient (Wildman–Crippen LogP) is 3.60. The Morgan fingerprint density at radius 3 is 2.48 bits per heavy atom. The fourth-order valence-corrected chi connectivity index (χ4v) is 4.41. The van der Waals surface area contributed by atoms with Crippen LogP contribution in [0.15, 0.2) is 29.2 Å². The lowest BCUT2D eigenvalue weighted by molar-refractivity contribution is 0.102. The molecule has 7 nitrogen and oxygen atoms in total. The van der Waals surface area contributed by atoms with Crippen LogP contribution in [0.1, 0.15) is 61.8 Å². The molecule has 0 radical (unpaired) electrons. The topological polar surface area (TPSA) is 101 Å². The van der Waals surface area contributed by atoms with Gasteiger partial charge in [0.1, 0.15) is 5.01 Å². The molecule has 2 rings (SSSR count). The van der Waals surface area contributed by atoms with Gasteiger partial charge in [-0.1, -0.05) is 38.0 Å². The maximum Gasteiger partial charge on any atom is 0.257 e. The zero-order valence-electron chi connectivity index (χ0n) is 15.9. The fourth-order valence-electron chi connectivity index (χ4n) is 2.30. The van der Waals surface area contributed by atoms with Crippen molar-refractivity contribution >= 4 is 32.4 Å². The van der Waals surface area contributed by atoms with Crippen molar-refractivity contribution < 1.29 is 13.2 Å². The van der Waals surface area contributed by atoms with Gasteiger partial charge in [-0.2, -0.15) is 0 Å². The molecule has 27 heavy (non-hydrogen) atoms. The molecule has 1 atom stereocenters. The van der Waals surface area contributed by atoms with E-state index in [1.807, 2.05) is 6.92 Å². The van der Waals surface area contributed by atoms with E-state index in [-0.39, 0.29) is 16.8 Å². The lowest BCUT2D eigenvalue weighted by Crippen LogP contribution is -2.32. The number of hydrogen-bond acceptors (Lipinski definition) is 6. The third-order valence-electron chi connectivity index (χ3n) is 4.08. The number of hydrogen-bond donors (Lipinski definition) is 2. The number of carbonyl (C=O) groups excluding carboxylic acids is 1. The highest BCUT2D eigenvalue weighted by molar-refractivity contribution is 7.89. The average molecular weight is 411 g/mol. The molecule has 1 heterocycles. The summed E-state index contributed by atoms with van der Waals surface area (Å²) in [6, 6.07) is 5.68. The largest absolute Gasteiger partial charge is 0.296 e. The van der Waals surface area contributed by atoms with Crippen LogP contribution in [0.25, 0.3) is 0 Å². The summed E-state index contributed by atoms with van der Waals surface area (Å²) in [6.07, 6.45) is 4.89. The van der Waals surface area contributed by atoms with Crippen molar-refractivity contribution in [1.29, 1.82) is 0 Å². The minimum absolute atomic E-state index is 0.133. The Hall–Kier alpha value is -1.84. The zero-order valence-corrected chi connectivity index (χ0v) is 17.5. The predicted molar refractivity (Wildman–Crippen MR) is 108 cm³/mol. The average Bonchev–Trinajstić information content (AvgIpc) is 3.09. The van der Waals surface area contributed by atoms with Crippen molar-refractivity contribution in [3.05, 3.63) is 34.8 Å². The number of aromatic nitrogens is 2. The van der Waals surface area contributed by atoms with Gasteiger partial charge < -0.3 is 0 Å². The van der Waals surface area contributed by atoms with Gasteiger partial charge in [0.2, 0.25) is 15.2 Å². The van der Waals surface area contributed by atoms with Crippen LogP contribution in [0.3, 0.4) is 0 Å². The maximum absolute atomic E-state index is 12.3. The van der Waals surface area contributed by atoms with Crippen LogP contribution >= 0.6 is 11.3 Å². The van der Waals surface area contributed by atoms with Crippen LogP contribution in [-0.4, -0.2) is 30.6 Å². The number of carbonyl (C=O) groups is 1. The highest BCUT2D eigenvalue weighted by atomic mass is 32.2. The highest BCUT2D eigenvalue weighted by Gasteiger charge is 2.17. The van der Waals surface area contributed by atoms with Crippen LogP contribution < -0.4 is 10.0 Å². The molecule has 0 saturated heterocycles. The number of sulfonamides is 1. The summed E-state index contributed by atoms with van der Waals surface area (Å²) >= 11 is 1.36. The van der Waals surface area contributed by atoms with E-state index in [1.165, 1.54) is 35.6 Å². The Balaban J connectivity index is 1.99. The van der Waals surface area contributed by atoms with E-state index in [0.29, 0.717) is 17.1 Å². The minimum Gasteiger partial charge on any atom is -0.296 e. The van der Waals surface area contributed by atoms with Crippen LogP contribution in [0.4, 0.5) is 5.13 Å². The van der Waals surface area contributed by atoms with E-state index in [9.17, 15) is 13.2 Å². The molecular weight excluding hydrogens is 384 g/mol. The molecule has 0 aliphatic heterocycles. The van der Waals surface area contributed by atoms with Crippen molar-refractivity contribution in [2.24, 2.45) is 0 Å². The van der Waals surface area contributed by atoms with Crippen molar-refractivity contribution in [3.8, 4) is 0 Å². The third kappa shape index (κ3) is 6.37. The maximum atomic E-state index is 12.3. The molecule has 0 saturated carbocycles. The first-order valence-corrected chi connectivity index (χ1v) is 11.4. The number of anilines is 1. The van der Waals surface area contributed by atoms with Crippen LogP contribution in [0, 0.1) is 0 Å². The molecule has 2 N–H and O–H groups in total. The summed E-state index contributed by atoms with van der Waals surface area (Å²) < 4.78 is 27.1. The van der Waals surface area contributed by atoms with Gasteiger partial charge in [0, 0.05) is 18.0 Å². The lowest BCUT2D eigenvalue weighted by Gasteiger charge is -2.12. The molecule has 148 valence electrons. The number of unbranched alkanes of at least 4 members (excludes halogenated alkanes) is 2. The van der Waals surface area contributed by atoms with Gasteiger partial charge >= 0.3 is 0 Å². The molecule has 1 aromatic carbocycles. The van der Waals surface area contributed by atoms with Crippen LogP contribution in [0.2, 0.25) is 0 Å². The van der Waals surface area contributed by atoms with E-state index in [0.717, 1.165) is 30.7 Å². The number of nitrogens with one attached hydrogen (secondary N) is 2. The molecule has 0 bridgehead atoms. The monoisotopic (exact) mass is 410 g/mol. The first-order chi connectivity index (χ1) is 12.9. The molecule has 1 amide bonds. The van der Waals surface area contributed by atoms with Gasteiger partial charge in [0.25, 0.3) is 5.91 Å². The normalized spacial score (nSPS) is 12.7. The number of rotatable bonds is 10. The van der Waals surface area contributed by atoms with Crippen molar-refractivity contribution in [3.63, 3.8) is 0 Å². The van der Waals surface area contributed by atoms with Gasteiger partial charge in [-0.3, -0.25) is 10.1 Å². The Labute approximate surface area is 164 Å². The Bertz CT molecular complexity index is 848. The second kappa shape index (κ2) is 9.91. The number of benzene rings is 1. The summed E-state index contributed by atoms with van der Waals surface area (Å²) in [5.41, 5.74) is 0.361. The van der Waals surface area contributed by atoms with Crippen molar-refractivity contribution in [2.75, 3.05) is 5.32 Å². The molecule has 2 aromatic rings. The standard InChI is InChI=1S/C18H26N4O3S2/c1-4-6-7-8-16-20-21-18(26-16)19-17(23)14-9-11-15(12-10-14)27(24,25)22-13(3)5-2/h9-13,22H,4-8H2,1-3H3,(H,19,21,23). The van der Waals surface area contributed by atoms with Gasteiger partial charge in [0.05, 0.1) is 4.90 Å². The Morgan fingerprint density at radius 1 is 1.15 bits per heavy atom. The summed E-state index contributed by atoms with van der Waals surface area (Å²) in [7, 11) is -3.58. The SMILES string of the molecule is CCCCCc1nnc(NC(=O)c2ccc(S(=O)(=O)NC(C)CC)cc2)s1. The zero-order chi connectivity index (χ0) is 19.9. The van der Waals surface area contributed by atoms with Gasteiger partial charge in [-0.15, -0.1) is 10.2 Å². The van der Waals surface area contributed by atoms with Crippen LogP contribution in [0.5, 0.6) is 0 Å². The second-order valence-corrected chi connectivity index (χ2v) is 9.14. The van der Waals surface area contributed by atoms with Gasteiger partial charge in [0.15, 0.2) is 0 Å². The summed E-state index contributed by atoms with van der Waals surface area (Å²) in [6.45, 7) is 5.85. The molecule has 0 aliphatic carbocycles. The molecule has 0 fully saturated rings. The summed E-state index contributed by atoms with van der Waals surface area (Å²) in [5.74, 6) is -0.343. The minimum atomic E-state index is -3.58. The first kappa shape index (κ1) is 21.5. The summed E-state index contributed by atoms with van der Waals surface area (Å²) in [5, 5.41) is 12.1. The van der Waals surface area contributed by atoms with Crippen molar-refractivity contribution in [1.82, 2.24) is 14.9 Å². The van der Waals surface area contributed by atoms with E-state index >= 15 is 0 Å². The summed E-state index contributed by atoms with van der Waals surface area (Å²) in [4.78, 5) is 12.5. The highest BCUT2D eigenvalue weighted by Crippen LogP contribution is 2.19. The third-order valence-corrected chi connectivity index (χ3v) is 6.58. The molecule has 9 heteroatoms. The van der Waals surface area contributed by atoms with E-state index in [2.05, 4.69) is 27.2 Å². The molecule has 0 spiro atoms. The lowest BCUT2D eigenvalue weighted by atomic mass is 10.2. The van der Waals surface area contributed by atoms with Gasteiger partial charge in [-0.25, -0.2) is 13.1 Å².